The molecule has 9 nitrogen and oxygen atoms in total. The number of rotatable bonds is 9. The molecule has 3 rings (SSSR count). The molecule has 33 heavy (non-hydrogen) atoms. The molecule has 0 spiro atoms. The van der Waals surface area contributed by atoms with Crippen molar-refractivity contribution in [1.29, 1.82) is 0 Å². The molecule has 0 radical (unpaired) electrons. The Morgan fingerprint density at radius 1 is 1.30 bits per heavy atom. The van der Waals surface area contributed by atoms with Gasteiger partial charge in [0.25, 0.3) is 0 Å². The molecule has 180 valence electrons. The zero-order valence-electron chi connectivity index (χ0n) is 19.9. The summed E-state index contributed by atoms with van der Waals surface area (Å²) in [6.07, 6.45) is 5.98. The predicted octanol–water partition coefficient (Wildman–Crippen LogP) is 4.18. The first-order valence-corrected chi connectivity index (χ1v) is 11.6. The van der Waals surface area contributed by atoms with Crippen LogP contribution in [0.15, 0.2) is 18.3 Å². The highest BCUT2D eigenvalue weighted by Crippen LogP contribution is 2.31. The van der Waals surface area contributed by atoms with Gasteiger partial charge in [-0.2, -0.15) is 5.10 Å². The fraction of sp³-hybridized carbons (Fsp3) is 0.583. The molecule has 1 aliphatic rings. The maximum Gasteiger partial charge on any atom is 0.409 e. The van der Waals surface area contributed by atoms with Crippen LogP contribution in [-0.2, 0) is 23.1 Å². The molecule has 0 aromatic carbocycles. The summed E-state index contributed by atoms with van der Waals surface area (Å²) < 4.78 is 13.2. The van der Waals surface area contributed by atoms with Crippen LogP contribution >= 0.6 is 0 Å². The Balaban J connectivity index is 1.71. The Hall–Kier alpha value is -3.10. The van der Waals surface area contributed by atoms with Crippen LogP contribution in [0.5, 0.6) is 5.75 Å². The number of hydrogen-bond donors (Lipinski definition) is 1. The van der Waals surface area contributed by atoms with Crippen molar-refractivity contribution in [1.82, 2.24) is 19.7 Å². The van der Waals surface area contributed by atoms with E-state index >= 15 is 0 Å². The van der Waals surface area contributed by atoms with Crippen LogP contribution < -0.4 is 4.74 Å². The summed E-state index contributed by atoms with van der Waals surface area (Å²) in [4.78, 5) is 29.8. The van der Waals surface area contributed by atoms with E-state index in [1.54, 1.807) is 17.9 Å². The molecule has 2 aromatic rings. The van der Waals surface area contributed by atoms with Crippen molar-refractivity contribution in [3.05, 3.63) is 29.7 Å². The van der Waals surface area contributed by atoms with Gasteiger partial charge in [-0.3, -0.25) is 9.48 Å². The number of ether oxygens (including phenoxy) is 2. The number of pyridine rings is 1. The number of hydrogen-bond acceptors (Lipinski definition) is 6. The molecule has 2 unspecified atom stereocenters. The fourth-order valence-electron chi connectivity index (χ4n) is 4.05. The second kappa shape index (κ2) is 11.2. The standard InChI is InChI=1S/C24H34N4O5/c1-5-6-12-32-24(31)27(3)15-21-19(14-25-28(21)4)20-10-11-22(16(2)26-20)33-18-9-7-8-17(13-18)23(29)30/h10-11,14,17-18H,5-9,12-13,15H2,1-4H3,(H,29,30). The van der Waals surface area contributed by atoms with Crippen molar-refractivity contribution in [3.8, 4) is 17.0 Å². The lowest BCUT2D eigenvalue weighted by Crippen LogP contribution is -2.29. The van der Waals surface area contributed by atoms with Gasteiger partial charge in [-0.15, -0.1) is 0 Å². The third-order valence-corrected chi connectivity index (χ3v) is 6.07. The van der Waals surface area contributed by atoms with Gasteiger partial charge < -0.3 is 19.5 Å². The molecule has 2 heterocycles. The number of carboxylic acid groups (broad SMARTS) is 1. The molecule has 1 fully saturated rings. The van der Waals surface area contributed by atoms with Crippen molar-refractivity contribution < 1.29 is 24.2 Å². The first-order valence-electron chi connectivity index (χ1n) is 11.6. The second-order valence-electron chi connectivity index (χ2n) is 8.67. The molecule has 1 saturated carbocycles. The molecule has 9 heteroatoms. The van der Waals surface area contributed by atoms with E-state index in [-0.39, 0.29) is 18.1 Å². The average molecular weight is 459 g/mol. The molecule has 0 saturated heterocycles. The Morgan fingerprint density at radius 2 is 2.09 bits per heavy atom. The van der Waals surface area contributed by atoms with E-state index in [4.69, 9.17) is 14.5 Å². The number of aliphatic carboxylic acids is 1. The smallest absolute Gasteiger partial charge is 0.409 e. The highest BCUT2D eigenvalue weighted by atomic mass is 16.6. The topological polar surface area (TPSA) is 107 Å². The van der Waals surface area contributed by atoms with Gasteiger partial charge in [0, 0.05) is 19.7 Å². The zero-order valence-corrected chi connectivity index (χ0v) is 19.9. The highest BCUT2D eigenvalue weighted by Gasteiger charge is 2.28. The minimum atomic E-state index is -0.753. The minimum Gasteiger partial charge on any atom is -0.489 e. The number of aromatic nitrogens is 3. The first-order chi connectivity index (χ1) is 15.8. The summed E-state index contributed by atoms with van der Waals surface area (Å²) in [7, 11) is 3.54. The van der Waals surface area contributed by atoms with Gasteiger partial charge in [0.05, 0.1) is 48.5 Å². The Kier molecular flexibility index (Phi) is 8.30. The maximum absolute atomic E-state index is 12.3. The van der Waals surface area contributed by atoms with Crippen LogP contribution in [0, 0.1) is 12.8 Å². The SMILES string of the molecule is CCCCOC(=O)N(C)Cc1c(-c2ccc(OC3CCCC(C(=O)O)C3)c(C)n2)cnn1C. The highest BCUT2D eigenvalue weighted by molar-refractivity contribution is 5.70. The molecule has 1 N–H and O–H groups in total. The van der Waals surface area contributed by atoms with Crippen molar-refractivity contribution in [2.24, 2.45) is 13.0 Å². The van der Waals surface area contributed by atoms with Crippen molar-refractivity contribution in [2.45, 2.75) is 65.0 Å². The van der Waals surface area contributed by atoms with Gasteiger partial charge in [0.15, 0.2) is 0 Å². The number of amides is 1. The number of carboxylic acids is 1. The maximum atomic E-state index is 12.3. The Labute approximate surface area is 194 Å². The Morgan fingerprint density at radius 3 is 2.79 bits per heavy atom. The third-order valence-electron chi connectivity index (χ3n) is 6.07. The molecule has 2 atom stereocenters. The number of carbonyl (C=O) groups excluding carboxylic acids is 1. The first kappa shape index (κ1) is 24.5. The quantitative estimate of drug-likeness (QED) is 0.562. The lowest BCUT2D eigenvalue weighted by atomic mass is 9.87. The summed E-state index contributed by atoms with van der Waals surface area (Å²) >= 11 is 0. The van der Waals surface area contributed by atoms with E-state index in [9.17, 15) is 14.7 Å². The van der Waals surface area contributed by atoms with E-state index in [1.807, 2.05) is 33.0 Å². The molecular weight excluding hydrogens is 424 g/mol. The van der Waals surface area contributed by atoms with Gasteiger partial charge in [-0.05, 0) is 51.2 Å². The van der Waals surface area contributed by atoms with E-state index in [0.29, 0.717) is 31.7 Å². The van der Waals surface area contributed by atoms with Gasteiger partial charge >= 0.3 is 12.1 Å². The van der Waals surface area contributed by atoms with Crippen LogP contribution in [0.3, 0.4) is 0 Å². The van der Waals surface area contributed by atoms with Crippen LogP contribution in [0.1, 0.15) is 56.8 Å². The lowest BCUT2D eigenvalue weighted by Gasteiger charge is -2.27. The van der Waals surface area contributed by atoms with Gasteiger partial charge in [-0.25, -0.2) is 9.78 Å². The summed E-state index contributed by atoms with van der Waals surface area (Å²) in [5, 5.41) is 13.7. The minimum absolute atomic E-state index is 0.118. The second-order valence-corrected chi connectivity index (χ2v) is 8.67. The summed E-state index contributed by atoms with van der Waals surface area (Å²) in [6, 6.07) is 3.75. The Bertz CT molecular complexity index is 974. The van der Waals surface area contributed by atoms with E-state index in [0.717, 1.165) is 48.3 Å². The van der Waals surface area contributed by atoms with Crippen LogP contribution in [0.25, 0.3) is 11.3 Å². The van der Waals surface area contributed by atoms with E-state index in [1.165, 1.54) is 4.90 Å². The summed E-state index contributed by atoms with van der Waals surface area (Å²) in [6.45, 7) is 4.68. The average Bonchev–Trinajstić information content (AvgIpc) is 3.15. The third kappa shape index (κ3) is 6.24. The largest absolute Gasteiger partial charge is 0.489 e. The lowest BCUT2D eigenvalue weighted by molar-refractivity contribution is -0.143. The van der Waals surface area contributed by atoms with E-state index in [2.05, 4.69) is 5.10 Å². The zero-order chi connectivity index (χ0) is 24.0. The number of carbonyl (C=O) groups is 2. The van der Waals surface area contributed by atoms with Gasteiger partial charge in [0.1, 0.15) is 5.75 Å². The van der Waals surface area contributed by atoms with Crippen LogP contribution in [0.2, 0.25) is 0 Å². The van der Waals surface area contributed by atoms with Crippen LogP contribution in [-0.4, -0.2) is 56.6 Å². The molecule has 0 bridgehead atoms. The molecular formula is C24H34N4O5. The summed E-state index contributed by atoms with van der Waals surface area (Å²) in [5.74, 6) is -0.437. The number of unbranched alkanes of at least 4 members (excludes halogenated alkanes) is 1. The molecule has 2 aromatic heterocycles. The van der Waals surface area contributed by atoms with Crippen LogP contribution in [0.4, 0.5) is 4.79 Å². The van der Waals surface area contributed by atoms with E-state index < -0.39 is 5.97 Å². The normalized spacial score (nSPS) is 18.1. The molecule has 1 amide bonds. The molecule has 0 aliphatic heterocycles. The summed E-state index contributed by atoms with van der Waals surface area (Å²) in [5.41, 5.74) is 3.15. The number of aryl methyl sites for hydroxylation is 2. The van der Waals surface area contributed by atoms with Gasteiger partial charge in [-0.1, -0.05) is 13.3 Å². The fourth-order valence-corrected chi connectivity index (χ4v) is 4.05. The molecule has 1 aliphatic carbocycles. The van der Waals surface area contributed by atoms with Crippen molar-refractivity contribution in [3.63, 3.8) is 0 Å². The number of nitrogens with zero attached hydrogens (tertiary/aromatic N) is 4. The monoisotopic (exact) mass is 458 g/mol. The van der Waals surface area contributed by atoms with Gasteiger partial charge in [0.2, 0.25) is 0 Å². The van der Waals surface area contributed by atoms with Crippen molar-refractivity contribution >= 4 is 12.1 Å². The predicted molar refractivity (Wildman–Crippen MR) is 123 cm³/mol. The van der Waals surface area contributed by atoms with Crippen molar-refractivity contribution in [2.75, 3.05) is 13.7 Å².